The van der Waals surface area contributed by atoms with E-state index in [1.807, 2.05) is 0 Å². The number of hydrogen-bond acceptors (Lipinski definition) is 3. The summed E-state index contributed by atoms with van der Waals surface area (Å²) in [5, 5.41) is 0. The lowest BCUT2D eigenvalue weighted by Crippen LogP contribution is -2.46. The first-order valence-electron chi connectivity index (χ1n) is 6.81. The second-order valence-electron chi connectivity index (χ2n) is 5.09. The van der Waals surface area contributed by atoms with E-state index in [9.17, 15) is 4.79 Å². The molecule has 106 valence electrons. The number of carbonyl (C=O) groups is 1. The molecule has 3 nitrogen and oxygen atoms in total. The van der Waals surface area contributed by atoms with Crippen molar-refractivity contribution in [3.8, 4) is 0 Å². The van der Waals surface area contributed by atoms with Gasteiger partial charge in [-0.25, -0.2) is 0 Å². The number of hydrogen-bond donors (Lipinski definition) is 0. The van der Waals surface area contributed by atoms with Gasteiger partial charge in [0.25, 0.3) is 0 Å². The number of allylic oxidation sites excluding steroid dienone is 1. The third-order valence-corrected chi connectivity index (χ3v) is 3.75. The molecule has 0 heterocycles. The molecule has 0 unspecified atom stereocenters. The van der Waals surface area contributed by atoms with E-state index in [4.69, 9.17) is 4.74 Å². The molecular formula is C15H29NO2. The maximum absolute atomic E-state index is 11.4. The fourth-order valence-corrected chi connectivity index (χ4v) is 2.33. The fourth-order valence-electron chi connectivity index (χ4n) is 2.33. The predicted octanol–water partition coefficient (Wildman–Crippen LogP) is 3.25. The molecule has 3 heteroatoms. The Morgan fingerprint density at radius 3 is 2.28 bits per heavy atom. The quantitative estimate of drug-likeness (QED) is 0.633. The molecule has 3 atom stereocenters. The first kappa shape index (κ1) is 17.2. The van der Waals surface area contributed by atoms with Gasteiger partial charge < -0.3 is 9.64 Å². The summed E-state index contributed by atoms with van der Waals surface area (Å²) in [6, 6.07) is 0.205. The van der Waals surface area contributed by atoms with Crippen molar-refractivity contribution < 1.29 is 9.53 Å². The number of ketones is 1. The van der Waals surface area contributed by atoms with E-state index in [1.54, 1.807) is 14.0 Å². The number of likely N-dealkylation sites (N-methyl/N-ethyl adjacent to an activating group) is 1. The molecule has 0 aromatic rings. The Hall–Kier alpha value is -0.830. The fraction of sp³-hybridized carbons (Fsp3) is 0.800. The normalized spacial score (nSPS) is 15.9. The van der Waals surface area contributed by atoms with Gasteiger partial charge in [-0.15, -0.1) is 0 Å². The highest BCUT2D eigenvalue weighted by atomic mass is 16.5. The van der Waals surface area contributed by atoms with Gasteiger partial charge in [0, 0.05) is 26.3 Å². The zero-order valence-corrected chi connectivity index (χ0v) is 12.8. The minimum atomic E-state index is -0.0641. The van der Waals surface area contributed by atoms with E-state index in [0.717, 1.165) is 18.5 Å². The largest absolute Gasteiger partial charge is 0.379 e. The summed E-state index contributed by atoms with van der Waals surface area (Å²) in [4.78, 5) is 13.6. The minimum absolute atomic E-state index is 0.0641. The second-order valence-corrected chi connectivity index (χ2v) is 5.09. The Morgan fingerprint density at radius 2 is 1.94 bits per heavy atom. The third kappa shape index (κ3) is 4.81. The van der Waals surface area contributed by atoms with Gasteiger partial charge in [0.2, 0.25) is 0 Å². The first-order chi connectivity index (χ1) is 8.38. The van der Waals surface area contributed by atoms with Gasteiger partial charge >= 0.3 is 0 Å². The maximum atomic E-state index is 11.4. The molecule has 0 fully saturated rings. The number of ether oxygens (including phenoxy) is 1. The molecule has 0 N–H and O–H groups in total. The van der Waals surface area contributed by atoms with Crippen molar-refractivity contribution >= 4 is 5.78 Å². The topological polar surface area (TPSA) is 29.5 Å². The van der Waals surface area contributed by atoms with Gasteiger partial charge in [0.15, 0.2) is 0 Å². The molecule has 0 radical (unpaired) electrons. The number of Topliss-reactive ketones (excluding diaryl/α,β-unsaturated/α-hetero) is 1. The molecule has 0 aliphatic heterocycles. The van der Waals surface area contributed by atoms with Crippen LogP contribution in [-0.4, -0.2) is 37.0 Å². The summed E-state index contributed by atoms with van der Waals surface area (Å²) in [6.45, 7) is 12.2. The van der Waals surface area contributed by atoms with Crippen LogP contribution < -0.4 is 0 Å². The van der Waals surface area contributed by atoms with Gasteiger partial charge in [-0.3, -0.25) is 4.79 Å². The van der Waals surface area contributed by atoms with Crippen LogP contribution >= 0.6 is 0 Å². The monoisotopic (exact) mass is 255 g/mol. The summed E-state index contributed by atoms with van der Waals surface area (Å²) >= 11 is 0. The summed E-state index contributed by atoms with van der Waals surface area (Å²) < 4.78 is 5.56. The number of carbonyl (C=O) groups excluding carboxylic acids is 1. The van der Waals surface area contributed by atoms with Crippen LogP contribution in [0.1, 0.15) is 47.0 Å². The van der Waals surface area contributed by atoms with Crippen molar-refractivity contribution in [1.82, 2.24) is 4.90 Å². The predicted molar refractivity (Wildman–Crippen MR) is 76.5 cm³/mol. The Kier molecular flexibility index (Phi) is 7.92. The third-order valence-electron chi connectivity index (χ3n) is 3.75. The SMILES string of the molecule is C=C(CC)N(C)[C@@H]([C@@H](C)CC)[C@@H](CC(C)=O)OC. The summed E-state index contributed by atoms with van der Waals surface area (Å²) in [7, 11) is 3.74. The van der Waals surface area contributed by atoms with Crippen LogP contribution in [0.4, 0.5) is 0 Å². The zero-order valence-electron chi connectivity index (χ0n) is 12.8. The van der Waals surface area contributed by atoms with Crippen molar-refractivity contribution in [1.29, 1.82) is 0 Å². The average Bonchev–Trinajstić information content (AvgIpc) is 2.35. The van der Waals surface area contributed by atoms with E-state index in [1.165, 1.54) is 0 Å². The van der Waals surface area contributed by atoms with Crippen molar-refractivity contribution in [3.05, 3.63) is 12.3 Å². The Morgan fingerprint density at radius 1 is 1.39 bits per heavy atom. The smallest absolute Gasteiger partial charge is 0.132 e. The standard InChI is InChI=1S/C15H29NO2/c1-8-11(3)15(16(6)12(4)9-2)14(18-7)10-13(5)17/h11,14-15H,4,8-10H2,1-3,5-7H3/t11-,14+,15-/m0/s1. The highest BCUT2D eigenvalue weighted by Gasteiger charge is 2.30. The van der Waals surface area contributed by atoms with E-state index in [2.05, 4.69) is 39.3 Å². The van der Waals surface area contributed by atoms with Crippen LogP contribution in [0.3, 0.4) is 0 Å². The van der Waals surface area contributed by atoms with E-state index < -0.39 is 0 Å². The lowest BCUT2D eigenvalue weighted by molar-refractivity contribution is -0.120. The van der Waals surface area contributed by atoms with Crippen LogP contribution in [0.15, 0.2) is 12.3 Å². The highest BCUT2D eigenvalue weighted by molar-refractivity contribution is 5.76. The molecule has 0 amide bonds. The number of nitrogens with zero attached hydrogens (tertiary/aromatic N) is 1. The summed E-state index contributed by atoms with van der Waals surface area (Å²) in [5.41, 5.74) is 1.09. The van der Waals surface area contributed by atoms with Crippen LogP contribution in [0, 0.1) is 5.92 Å². The molecule has 0 aliphatic carbocycles. The van der Waals surface area contributed by atoms with Gasteiger partial charge in [0.05, 0.1) is 12.1 Å². The maximum Gasteiger partial charge on any atom is 0.132 e. The lowest BCUT2D eigenvalue weighted by atomic mass is 9.90. The van der Waals surface area contributed by atoms with Gasteiger partial charge in [-0.05, 0) is 19.3 Å². The molecule has 0 rings (SSSR count). The molecule has 0 saturated carbocycles. The van der Waals surface area contributed by atoms with Crippen molar-refractivity contribution in [3.63, 3.8) is 0 Å². The first-order valence-corrected chi connectivity index (χ1v) is 6.81. The Labute approximate surface area is 112 Å². The molecule has 18 heavy (non-hydrogen) atoms. The highest BCUT2D eigenvalue weighted by Crippen LogP contribution is 2.24. The molecule has 0 aromatic carbocycles. The molecule has 0 aromatic heterocycles. The Balaban J connectivity index is 5.05. The molecule has 0 bridgehead atoms. The minimum Gasteiger partial charge on any atom is -0.379 e. The molecule has 0 spiro atoms. The zero-order chi connectivity index (χ0) is 14.3. The second kappa shape index (κ2) is 8.30. The van der Waals surface area contributed by atoms with Crippen LogP contribution in [0.5, 0.6) is 0 Å². The van der Waals surface area contributed by atoms with Crippen molar-refractivity contribution in [2.45, 2.75) is 59.1 Å². The van der Waals surface area contributed by atoms with E-state index in [-0.39, 0.29) is 17.9 Å². The number of methoxy groups -OCH3 is 1. The molecular weight excluding hydrogens is 226 g/mol. The average molecular weight is 255 g/mol. The van der Waals surface area contributed by atoms with Crippen LogP contribution in [0.2, 0.25) is 0 Å². The lowest BCUT2D eigenvalue weighted by Gasteiger charge is -2.39. The van der Waals surface area contributed by atoms with E-state index >= 15 is 0 Å². The molecule has 0 aliphatic rings. The van der Waals surface area contributed by atoms with Gasteiger partial charge in [-0.1, -0.05) is 33.8 Å². The van der Waals surface area contributed by atoms with Gasteiger partial charge in [0.1, 0.15) is 5.78 Å². The van der Waals surface area contributed by atoms with Crippen molar-refractivity contribution in [2.75, 3.05) is 14.2 Å². The van der Waals surface area contributed by atoms with Crippen LogP contribution in [0.25, 0.3) is 0 Å². The molecule has 0 saturated heterocycles. The Bertz CT molecular complexity index is 276. The summed E-state index contributed by atoms with van der Waals surface area (Å²) in [5.74, 6) is 0.633. The van der Waals surface area contributed by atoms with Gasteiger partial charge in [-0.2, -0.15) is 0 Å². The van der Waals surface area contributed by atoms with E-state index in [0.29, 0.717) is 12.3 Å². The van der Waals surface area contributed by atoms with Crippen LogP contribution in [-0.2, 0) is 9.53 Å². The number of rotatable bonds is 9. The summed E-state index contributed by atoms with van der Waals surface area (Å²) in [6.07, 6.45) is 2.38. The van der Waals surface area contributed by atoms with Crippen molar-refractivity contribution in [2.24, 2.45) is 5.92 Å².